The van der Waals surface area contributed by atoms with Gasteiger partial charge in [0.1, 0.15) is 0 Å². The van der Waals surface area contributed by atoms with Crippen molar-refractivity contribution in [2.45, 2.75) is 6.92 Å². The second-order valence-electron chi connectivity index (χ2n) is 3.03. The lowest BCUT2D eigenvalue weighted by Gasteiger charge is -2.04. The molecule has 0 fully saturated rings. The van der Waals surface area contributed by atoms with E-state index in [9.17, 15) is 4.79 Å². The van der Waals surface area contributed by atoms with Gasteiger partial charge in [0.05, 0.1) is 5.56 Å². The van der Waals surface area contributed by atoms with Gasteiger partial charge in [-0.2, -0.15) is 0 Å². The van der Waals surface area contributed by atoms with E-state index >= 15 is 0 Å². The van der Waals surface area contributed by atoms with Crippen LogP contribution in [0.15, 0.2) is 12.3 Å². The monoisotopic (exact) mass is 236 g/mol. The lowest BCUT2D eigenvalue weighted by atomic mass is 10.2. The van der Waals surface area contributed by atoms with E-state index in [4.69, 9.17) is 5.73 Å². The summed E-state index contributed by atoms with van der Waals surface area (Å²) in [5, 5.41) is 9.80. The predicted octanol–water partition coefficient (Wildman–Crippen LogP) is 0.471. The number of nitrogens with one attached hydrogen (secondary N) is 1. The number of carbonyl (C=O) groups is 1. The molecule has 2 aromatic rings. The molecule has 0 saturated carbocycles. The molecule has 8 heteroatoms. The fraction of sp³-hybridized carbons (Fsp3) is 0.125. The van der Waals surface area contributed by atoms with Gasteiger partial charge in [0.25, 0.3) is 5.91 Å². The van der Waals surface area contributed by atoms with Gasteiger partial charge in [0, 0.05) is 29.1 Å². The zero-order chi connectivity index (χ0) is 11.5. The van der Waals surface area contributed by atoms with Gasteiger partial charge in [0.2, 0.25) is 5.13 Å². The Balaban J connectivity index is 2.21. The van der Waals surface area contributed by atoms with Crippen molar-refractivity contribution in [3.8, 4) is 0 Å². The van der Waals surface area contributed by atoms with Crippen LogP contribution in [0, 0.1) is 6.92 Å². The molecule has 82 valence electrons. The molecule has 2 rings (SSSR count). The molecular weight excluding hydrogens is 228 g/mol. The van der Waals surface area contributed by atoms with Crippen LogP contribution >= 0.6 is 11.5 Å². The third-order valence-corrected chi connectivity index (χ3v) is 2.35. The number of nitrogens with zero attached hydrogens (tertiary/aromatic N) is 4. The van der Waals surface area contributed by atoms with Gasteiger partial charge in [-0.3, -0.25) is 15.1 Å². The van der Waals surface area contributed by atoms with E-state index in [0.29, 0.717) is 16.4 Å². The summed E-state index contributed by atoms with van der Waals surface area (Å²) in [6.07, 6.45) is 1.43. The maximum absolute atomic E-state index is 11.7. The van der Waals surface area contributed by atoms with E-state index in [1.54, 1.807) is 13.0 Å². The first kappa shape index (κ1) is 10.4. The molecule has 16 heavy (non-hydrogen) atoms. The van der Waals surface area contributed by atoms with Crippen LogP contribution in [0.3, 0.4) is 0 Å². The van der Waals surface area contributed by atoms with Gasteiger partial charge in [-0.05, 0) is 18.2 Å². The Morgan fingerprint density at radius 2 is 2.38 bits per heavy atom. The van der Waals surface area contributed by atoms with Crippen LogP contribution in [0.2, 0.25) is 0 Å². The summed E-state index contributed by atoms with van der Waals surface area (Å²) >= 11 is 0.990. The zero-order valence-electron chi connectivity index (χ0n) is 8.34. The predicted molar refractivity (Wildman–Crippen MR) is 59.0 cm³/mol. The Kier molecular flexibility index (Phi) is 2.73. The molecule has 0 saturated heterocycles. The molecular formula is C8H8N6OS. The number of nitrogen functional groups attached to an aromatic ring is 1. The van der Waals surface area contributed by atoms with Crippen molar-refractivity contribution in [1.82, 2.24) is 19.8 Å². The van der Waals surface area contributed by atoms with E-state index in [1.165, 1.54) is 6.20 Å². The molecule has 2 heterocycles. The number of aromatic nitrogens is 4. The van der Waals surface area contributed by atoms with Crippen molar-refractivity contribution in [2.75, 3.05) is 11.1 Å². The topological polar surface area (TPSA) is 107 Å². The molecule has 0 aliphatic rings. The van der Waals surface area contributed by atoms with Gasteiger partial charge >= 0.3 is 0 Å². The van der Waals surface area contributed by atoms with Gasteiger partial charge in [0.15, 0.2) is 0 Å². The van der Waals surface area contributed by atoms with Crippen molar-refractivity contribution < 1.29 is 4.79 Å². The van der Waals surface area contributed by atoms with Crippen LogP contribution in [0.25, 0.3) is 0 Å². The summed E-state index contributed by atoms with van der Waals surface area (Å²) in [5.41, 5.74) is 7.14. The summed E-state index contributed by atoms with van der Waals surface area (Å²) < 4.78 is 3.52. The fourth-order valence-electron chi connectivity index (χ4n) is 1.12. The second kappa shape index (κ2) is 4.19. The highest BCUT2D eigenvalue weighted by molar-refractivity contribution is 7.09. The Bertz CT molecular complexity index is 511. The Morgan fingerprint density at radius 1 is 1.56 bits per heavy atom. The lowest BCUT2D eigenvalue weighted by Crippen LogP contribution is -2.14. The number of nitrogens with two attached hydrogens (primary N) is 1. The summed E-state index contributed by atoms with van der Waals surface area (Å²) in [5.74, 6) is -0.372. The summed E-state index contributed by atoms with van der Waals surface area (Å²) in [6, 6.07) is 1.63. The number of amides is 1. The molecule has 0 bridgehead atoms. The molecule has 0 unspecified atom stereocenters. The van der Waals surface area contributed by atoms with E-state index in [2.05, 4.69) is 25.1 Å². The molecule has 0 aliphatic heterocycles. The average molecular weight is 236 g/mol. The quantitative estimate of drug-likeness (QED) is 0.785. The molecule has 3 N–H and O–H groups in total. The number of rotatable bonds is 2. The maximum Gasteiger partial charge on any atom is 0.261 e. The molecule has 0 atom stereocenters. The Morgan fingerprint density at radius 3 is 3.00 bits per heavy atom. The molecule has 2 aromatic heterocycles. The van der Waals surface area contributed by atoms with Crippen LogP contribution < -0.4 is 11.1 Å². The van der Waals surface area contributed by atoms with Crippen molar-refractivity contribution >= 4 is 28.3 Å². The summed E-state index contributed by atoms with van der Waals surface area (Å²) in [6.45, 7) is 1.80. The van der Waals surface area contributed by atoms with E-state index in [0.717, 1.165) is 17.2 Å². The highest BCUT2D eigenvalue weighted by Gasteiger charge is 2.12. The minimum absolute atomic E-state index is 0.306. The zero-order valence-corrected chi connectivity index (χ0v) is 9.15. The van der Waals surface area contributed by atoms with Gasteiger partial charge in [-0.15, -0.1) is 0 Å². The smallest absolute Gasteiger partial charge is 0.261 e. The van der Waals surface area contributed by atoms with Crippen molar-refractivity contribution in [3.63, 3.8) is 0 Å². The fourth-order valence-corrected chi connectivity index (χ4v) is 1.48. The first-order valence-electron chi connectivity index (χ1n) is 4.35. The van der Waals surface area contributed by atoms with Crippen molar-refractivity contribution in [3.05, 3.63) is 23.5 Å². The Hall–Kier alpha value is -2.09. The number of pyridine rings is 1. The van der Waals surface area contributed by atoms with Crippen LogP contribution in [0.5, 0.6) is 0 Å². The van der Waals surface area contributed by atoms with Crippen LogP contribution in [0.1, 0.15) is 16.1 Å². The number of hydrogen-bond donors (Lipinski definition) is 2. The van der Waals surface area contributed by atoms with Crippen LogP contribution in [-0.4, -0.2) is 25.7 Å². The minimum atomic E-state index is -0.372. The largest absolute Gasteiger partial charge is 0.398 e. The molecule has 0 aliphatic carbocycles. The molecule has 0 spiro atoms. The van der Waals surface area contributed by atoms with Crippen LogP contribution in [-0.2, 0) is 0 Å². The van der Waals surface area contributed by atoms with Crippen molar-refractivity contribution in [1.29, 1.82) is 0 Å². The van der Waals surface area contributed by atoms with Crippen molar-refractivity contribution in [2.24, 2.45) is 0 Å². The molecule has 0 aromatic carbocycles. The molecule has 7 nitrogen and oxygen atoms in total. The standard InChI is InChI=1S/C8H8N6OS/c1-4-2-6(9)5(3-10-4)7(15)11-8-12-13-14-16-8/h2-3H,1H3,(H2,9,10)(H,11,12,14,15). The Labute approximate surface area is 94.9 Å². The summed E-state index contributed by atoms with van der Waals surface area (Å²) in [4.78, 5) is 15.7. The normalized spacial score (nSPS) is 10.1. The van der Waals surface area contributed by atoms with E-state index in [-0.39, 0.29) is 5.91 Å². The van der Waals surface area contributed by atoms with E-state index in [1.807, 2.05) is 0 Å². The third kappa shape index (κ3) is 2.11. The number of anilines is 2. The molecule has 0 radical (unpaired) electrons. The lowest BCUT2D eigenvalue weighted by molar-refractivity contribution is 0.102. The summed E-state index contributed by atoms with van der Waals surface area (Å²) in [7, 11) is 0. The minimum Gasteiger partial charge on any atom is -0.398 e. The second-order valence-corrected chi connectivity index (χ2v) is 3.77. The number of aryl methyl sites for hydroxylation is 1. The van der Waals surface area contributed by atoms with E-state index < -0.39 is 0 Å². The third-order valence-electron chi connectivity index (χ3n) is 1.84. The first-order chi connectivity index (χ1) is 7.66. The van der Waals surface area contributed by atoms with Gasteiger partial charge in [-0.1, -0.05) is 9.59 Å². The van der Waals surface area contributed by atoms with Crippen LogP contribution in [0.4, 0.5) is 10.8 Å². The average Bonchev–Trinajstić information content (AvgIpc) is 2.70. The SMILES string of the molecule is Cc1cc(N)c(C(=O)Nc2nnns2)cn1. The highest BCUT2D eigenvalue weighted by atomic mass is 32.1. The first-order valence-corrected chi connectivity index (χ1v) is 5.12. The van der Waals surface area contributed by atoms with Gasteiger partial charge < -0.3 is 5.73 Å². The highest BCUT2D eigenvalue weighted by Crippen LogP contribution is 2.14. The molecule has 1 amide bonds. The number of hydrogen-bond acceptors (Lipinski definition) is 7. The number of carbonyl (C=O) groups excluding carboxylic acids is 1. The van der Waals surface area contributed by atoms with Gasteiger partial charge in [-0.25, -0.2) is 0 Å². The maximum atomic E-state index is 11.7.